The topological polar surface area (TPSA) is 0 Å². The third kappa shape index (κ3) is 8.22. The Morgan fingerprint density at radius 2 is 1.23 bits per heavy atom. The minimum atomic E-state index is 0.794. The van der Waals surface area contributed by atoms with Crippen molar-refractivity contribution in [1.82, 2.24) is 0 Å². The molecular formula is C19H29BrCl2. The molecule has 1 aromatic carbocycles. The van der Waals surface area contributed by atoms with Crippen LogP contribution in [-0.4, -0.2) is 11.8 Å². The van der Waals surface area contributed by atoms with E-state index in [2.05, 4.69) is 35.0 Å². The Morgan fingerprint density at radius 3 is 1.77 bits per heavy atom. The van der Waals surface area contributed by atoms with Gasteiger partial charge in [0.15, 0.2) is 0 Å². The lowest BCUT2D eigenvalue weighted by molar-refractivity contribution is 0.663. The van der Waals surface area contributed by atoms with Crippen molar-refractivity contribution in [2.75, 3.05) is 11.8 Å². The van der Waals surface area contributed by atoms with E-state index in [0.29, 0.717) is 0 Å². The quantitative estimate of drug-likeness (QED) is 0.249. The van der Waals surface area contributed by atoms with Crippen molar-refractivity contribution in [3.8, 4) is 0 Å². The van der Waals surface area contributed by atoms with Crippen molar-refractivity contribution in [3.05, 3.63) is 33.3 Å². The van der Waals surface area contributed by atoms with E-state index >= 15 is 0 Å². The highest BCUT2D eigenvalue weighted by Crippen LogP contribution is 2.25. The van der Waals surface area contributed by atoms with Crippen LogP contribution in [0.15, 0.2) is 16.6 Å². The second-order valence-electron chi connectivity index (χ2n) is 6.08. The molecule has 126 valence electrons. The average molecular weight is 408 g/mol. The summed E-state index contributed by atoms with van der Waals surface area (Å²) >= 11 is 15.2. The molecule has 0 spiro atoms. The minimum Gasteiger partial charge on any atom is -0.127 e. The lowest BCUT2D eigenvalue weighted by Crippen LogP contribution is -1.96. The lowest BCUT2D eigenvalue weighted by atomic mass is 9.97. The predicted octanol–water partition coefficient (Wildman–Crippen LogP) is 7.44. The van der Waals surface area contributed by atoms with Crippen LogP contribution in [0.3, 0.4) is 0 Å². The number of rotatable bonds is 12. The summed E-state index contributed by atoms with van der Waals surface area (Å²) in [6.07, 6.45) is 12.2. The van der Waals surface area contributed by atoms with Crippen LogP contribution in [0.1, 0.15) is 68.1 Å². The maximum absolute atomic E-state index is 5.72. The van der Waals surface area contributed by atoms with Crippen LogP contribution in [0, 0.1) is 6.92 Å². The summed E-state index contributed by atoms with van der Waals surface area (Å²) in [6.45, 7) is 2.25. The number of hydrogen-bond donors (Lipinski definition) is 0. The zero-order chi connectivity index (χ0) is 16.2. The Kier molecular flexibility index (Phi) is 11.7. The van der Waals surface area contributed by atoms with Gasteiger partial charge in [-0.05, 0) is 68.2 Å². The average Bonchev–Trinajstić information content (AvgIpc) is 2.51. The zero-order valence-corrected chi connectivity index (χ0v) is 16.9. The highest BCUT2D eigenvalue weighted by Gasteiger charge is 2.06. The summed E-state index contributed by atoms with van der Waals surface area (Å²) in [5.74, 6) is 1.59. The van der Waals surface area contributed by atoms with Crippen molar-refractivity contribution in [3.63, 3.8) is 0 Å². The first-order chi connectivity index (χ1) is 10.7. The van der Waals surface area contributed by atoms with Gasteiger partial charge in [-0.15, -0.1) is 23.2 Å². The molecule has 1 rings (SSSR count). The van der Waals surface area contributed by atoms with Crippen LogP contribution in [0.2, 0.25) is 0 Å². The molecule has 0 saturated heterocycles. The van der Waals surface area contributed by atoms with E-state index in [1.165, 1.54) is 72.5 Å². The zero-order valence-electron chi connectivity index (χ0n) is 13.8. The number of halogens is 3. The summed E-state index contributed by atoms with van der Waals surface area (Å²) in [5, 5.41) is 0. The highest BCUT2D eigenvalue weighted by molar-refractivity contribution is 9.10. The van der Waals surface area contributed by atoms with Crippen molar-refractivity contribution in [1.29, 1.82) is 0 Å². The van der Waals surface area contributed by atoms with Crippen LogP contribution in [0.5, 0.6) is 0 Å². The van der Waals surface area contributed by atoms with Gasteiger partial charge in [-0.2, -0.15) is 0 Å². The molecule has 0 saturated carbocycles. The smallest absolute Gasteiger partial charge is 0.0223 e. The molecule has 0 fully saturated rings. The summed E-state index contributed by atoms with van der Waals surface area (Å²) in [7, 11) is 0. The van der Waals surface area contributed by atoms with Crippen molar-refractivity contribution in [2.45, 2.75) is 71.1 Å². The summed E-state index contributed by atoms with van der Waals surface area (Å²) in [6, 6.07) is 4.71. The van der Waals surface area contributed by atoms with Crippen molar-refractivity contribution in [2.24, 2.45) is 0 Å². The van der Waals surface area contributed by atoms with Gasteiger partial charge in [-0.1, -0.05) is 47.7 Å². The maximum atomic E-state index is 5.72. The van der Waals surface area contributed by atoms with Gasteiger partial charge in [0.2, 0.25) is 0 Å². The number of hydrogen-bond acceptors (Lipinski definition) is 0. The van der Waals surface area contributed by atoms with Crippen LogP contribution in [0.25, 0.3) is 0 Å². The number of unbranched alkanes of at least 4 members (excludes halogenated alkanes) is 6. The molecule has 0 amide bonds. The van der Waals surface area contributed by atoms with Gasteiger partial charge in [0.05, 0.1) is 0 Å². The van der Waals surface area contributed by atoms with Crippen molar-refractivity contribution >= 4 is 39.1 Å². The van der Waals surface area contributed by atoms with E-state index in [0.717, 1.165) is 24.6 Å². The normalized spacial score (nSPS) is 11.1. The monoisotopic (exact) mass is 406 g/mol. The third-order valence-corrected chi connectivity index (χ3v) is 5.44. The maximum Gasteiger partial charge on any atom is 0.0223 e. The van der Waals surface area contributed by atoms with E-state index in [1.54, 1.807) is 0 Å². The summed E-state index contributed by atoms with van der Waals surface area (Å²) in [4.78, 5) is 0. The molecule has 22 heavy (non-hydrogen) atoms. The van der Waals surface area contributed by atoms with E-state index in [1.807, 2.05) is 0 Å². The summed E-state index contributed by atoms with van der Waals surface area (Å²) < 4.78 is 1.28. The van der Waals surface area contributed by atoms with Gasteiger partial charge in [0.1, 0.15) is 0 Å². The number of aryl methyl sites for hydroxylation is 3. The van der Waals surface area contributed by atoms with Crippen LogP contribution in [0.4, 0.5) is 0 Å². The fourth-order valence-corrected chi connectivity index (χ4v) is 3.74. The van der Waals surface area contributed by atoms with Gasteiger partial charge in [-0.25, -0.2) is 0 Å². The Hall–Kier alpha value is 0.280. The number of benzene rings is 1. The van der Waals surface area contributed by atoms with Crippen LogP contribution < -0.4 is 0 Å². The molecule has 0 N–H and O–H groups in total. The molecule has 0 unspecified atom stereocenters. The molecule has 0 aliphatic carbocycles. The van der Waals surface area contributed by atoms with Crippen LogP contribution in [-0.2, 0) is 12.8 Å². The first-order valence-electron chi connectivity index (χ1n) is 8.59. The molecule has 1 aromatic rings. The molecule has 0 bridgehead atoms. The van der Waals surface area contributed by atoms with Crippen molar-refractivity contribution < 1.29 is 0 Å². The predicted molar refractivity (Wildman–Crippen MR) is 105 cm³/mol. The van der Waals surface area contributed by atoms with E-state index in [-0.39, 0.29) is 0 Å². The largest absolute Gasteiger partial charge is 0.127 e. The molecule has 0 nitrogen and oxygen atoms in total. The first kappa shape index (κ1) is 20.3. The Balaban J connectivity index is 2.42. The Labute approximate surface area is 155 Å². The fourth-order valence-electron chi connectivity index (χ4n) is 2.77. The highest BCUT2D eigenvalue weighted by atomic mass is 79.9. The standard InChI is InChI=1S/C19H29BrCl2/c1-16-14-18(11-7-3-5-9-13-22)19(20)15-17(16)10-6-2-4-8-12-21/h14-15H,2-13H2,1H3. The van der Waals surface area contributed by atoms with E-state index in [9.17, 15) is 0 Å². The van der Waals surface area contributed by atoms with E-state index in [4.69, 9.17) is 23.2 Å². The SMILES string of the molecule is Cc1cc(CCCCCCCl)c(Br)cc1CCCCCCCl. The second kappa shape index (κ2) is 12.7. The van der Waals surface area contributed by atoms with Gasteiger partial charge >= 0.3 is 0 Å². The van der Waals surface area contributed by atoms with Crippen LogP contribution >= 0.6 is 39.1 Å². The van der Waals surface area contributed by atoms with Gasteiger partial charge in [0, 0.05) is 16.2 Å². The molecule has 0 radical (unpaired) electrons. The third-order valence-electron chi connectivity index (χ3n) is 4.16. The molecule has 0 aromatic heterocycles. The fraction of sp³-hybridized carbons (Fsp3) is 0.684. The second-order valence-corrected chi connectivity index (χ2v) is 7.69. The minimum absolute atomic E-state index is 0.794. The molecule has 3 heteroatoms. The lowest BCUT2D eigenvalue weighted by Gasteiger charge is -2.11. The van der Waals surface area contributed by atoms with Gasteiger partial charge in [-0.3, -0.25) is 0 Å². The number of alkyl halides is 2. The Morgan fingerprint density at radius 1 is 0.727 bits per heavy atom. The molecule has 0 aliphatic heterocycles. The van der Waals surface area contributed by atoms with Gasteiger partial charge < -0.3 is 0 Å². The first-order valence-corrected chi connectivity index (χ1v) is 10.4. The Bertz CT molecular complexity index is 378. The summed E-state index contributed by atoms with van der Waals surface area (Å²) in [5.41, 5.74) is 4.38. The molecule has 0 heterocycles. The molecule has 0 atom stereocenters. The van der Waals surface area contributed by atoms with Gasteiger partial charge in [0.25, 0.3) is 0 Å². The van der Waals surface area contributed by atoms with E-state index < -0.39 is 0 Å². The molecular weight excluding hydrogens is 379 g/mol. The molecule has 0 aliphatic rings.